The number of carbonyl (C=O) groups excluding carboxylic acids is 3. The quantitative estimate of drug-likeness (QED) is 0.769. The zero-order valence-electron chi connectivity index (χ0n) is 17.7. The molecule has 0 unspecified atom stereocenters. The first-order chi connectivity index (χ1) is 13.8. The number of amides is 3. The van der Waals surface area contributed by atoms with Crippen molar-refractivity contribution < 1.29 is 14.4 Å². The van der Waals surface area contributed by atoms with Gasteiger partial charge in [0.25, 0.3) is 5.91 Å². The van der Waals surface area contributed by atoms with Crippen LogP contribution in [0.4, 0.5) is 0 Å². The molecular weight excluding hydrogens is 366 g/mol. The fraction of sp³-hybridized carbons (Fsp3) is 0.609. The van der Waals surface area contributed by atoms with Gasteiger partial charge in [-0.15, -0.1) is 0 Å². The Balaban J connectivity index is 1.54. The van der Waals surface area contributed by atoms with Gasteiger partial charge >= 0.3 is 0 Å². The van der Waals surface area contributed by atoms with Gasteiger partial charge in [-0.3, -0.25) is 14.4 Å². The van der Waals surface area contributed by atoms with E-state index < -0.39 is 5.41 Å². The van der Waals surface area contributed by atoms with Crippen LogP contribution in [0.3, 0.4) is 0 Å². The average molecular weight is 398 g/mol. The van der Waals surface area contributed by atoms with E-state index in [0.29, 0.717) is 13.1 Å². The number of piperidine rings is 1. The van der Waals surface area contributed by atoms with Gasteiger partial charge in [-0.2, -0.15) is 0 Å². The highest BCUT2D eigenvalue weighted by Crippen LogP contribution is 2.62. The lowest BCUT2D eigenvalue weighted by Crippen LogP contribution is -2.49. The smallest absolute Gasteiger partial charge is 0.253 e. The Morgan fingerprint density at radius 1 is 0.966 bits per heavy atom. The van der Waals surface area contributed by atoms with Crippen molar-refractivity contribution >= 4 is 17.7 Å². The molecule has 29 heavy (non-hydrogen) atoms. The molecule has 1 aromatic carbocycles. The summed E-state index contributed by atoms with van der Waals surface area (Å²) in [6, 6.07) is 9.44. The van der Waals surface area contributed by atoms with Gasteiger partial charge in [-0.05, 0) is 49.1 Å². The SMILES string of the molecule is CC(=O)N1C[C@@H]2C3(CCN(C(=O)c4ccccc4)CC3)CC[C@]2(C(=O)N(C)C)C1. The lowest BCUT2D eigenvalue weighted by atomic mass is 9.65. The van der Waals surface area contributed by atoms with E-state index in [1.807, 2.05) is 54.2 Å². The minimum atomic E-state index is -0.458. The van der Waals surface area contributed by atoms with Gasteiger partial charge in [-0.25, -0.2) is 0 Å². The molecule has 0 bridgehead atoms. The lowest BCUT2D eigenvalue weighted by Gasteiger charge is -2.44. The van der Waals surface area contributed by atoms with E-state index in [4.69, 9.17) is 0 Å². The van der Waals surface area contributed by atoms with Crippen LogP contribution in [0.5, 0.6) is 0 Å². The Morgan fingerprint density at radius 3 is 2.21 bits per heavy atom. The molecule has 2 atom stereocenters. The second-order valence-corrected chi connectivity index (χ2v) is 9.33. The van der Waals surface area contributed by atoms with Crippen LogP contribution in [-0.4, -0.2) is 72.7 Å². The molecule has 3 aliphatic rings. The zero-order valence-corrected chi connectivity index (χ0v) is 17.7. The van der Waals surface area contributed by atoms with Gasteiger partial charge in [-0.1, -0.05) is 18.2 Å². The first kappa shape index (κ1) is 19.9. The van der Waals surface area contributed by atoms with Crippen LogP contribution in [-0.2, 0) is 9.59 Å². The summed E-state index contributed by atoms with van der Waals surface area (Å²) in [5.74, 6) is 0.483. The van der Waals surface area contributed by atoms with Crippen LogP contribution in [0.1, 0.15) is 43.0 Å². The van der Waals surface area contributed by atoms with Crippen molar-refractivity contribution in [1.82, 2.24) is 14.7 Å². The molecule has 0 aromatic heterocycles. The second kappa shape index (κ2) is 7.15. The topological polar surface area (TPSA) is 60.9 Å². The normalized spacial score (nSPS) is 27.8. The maximum Gasteiger partial charge on any atom is 0.253 e. The summed E-state index contributed by atoms with van der Waals surface area (Å²) in [5, 5.41) is 0. The fourth-order valence-electron chi connectivity index (χ4n) is 6.12. The van der Waals surface area contributed by atoms with Gasteiger partial charge in [0.15, 0.2) is 0 Å². The molecule has 0 N–H and O–H groups in total. The van der Waals surface area contributed by atoms with Gasteiger partial charge in [0.2, 0.25) is 11.8 Å². The maximum atomic E-state index is 13.2. The number of rotatable bonds is 2. The van der Waals surface area contributed by atoms with Crippen molar-refractivity contribution in [2.24, 2.45) is 16.7 Å². The monoisotopic (exact) mass is 397 g/mol. The third-order valence-electron chi connectivity index (χ3n) is 7.70. The highest BCUT2D eigenvalue weighted by Gasteiger charge is 2.65. The summed E-state index contributed by atoms with van der Waals surface area (Å²) in [7, 11) is 3.63. The molecule has 156 valence electrons. The van der Waals surface area contributed by atoms with Crippen LogP contribution in [0.25, 0.3) is 0 Å². The van der Waals surface area contributed by atoms with E-state index in [-0.39, 0.29) is 29.1 Å². The third-order valence-corrected chi connectivity index (χ3v) is 7.70. The van der Waals surface area contributed by atoms with E-state index in [0.717, 1.165) is 44.3 Å². The largest absolute Gasteiger partial charge is 0.348 e. The average Bonchev–Trinajstić information content (AvgIpc) is 3.26. The van der Waals surface area contributed by atoms with Gasteiger partial charge < -0.3 is 14.7 Å². The predicted octanol–water partition coefficient (Wildman–Crippen LogP) is 2.26. The van der Waals surface area contributed by atoms with Crippen molar-refractivity contribution in [3.05, 3.63) is 35.9 Å². The van der Waals surface area contributed by atoms with Gasteiger partial charge in [0.05, 0.1) is 5.41 Å². The van der Waals surface area contributed by atoms with Crippen LogP contribution < -0.4 is 0 Å². The summed E-state index contributed by atoms with van der Waals surface area (Å²) in [6.45, 7) is 4.25. The van der Waals surface area contributed by atoms with E-state index in [9.17, 15) is 14.4 Å². The first-order valence-corrected chi connectivity index (χ1v) is 10.6. The van der Waals surface area contributed by atoms with Crippen molar-refractivity contribution in [3.63, 3.8) is 0 Å². The zero-order chi connectivity index (χ0) is 20.8. The number of fused-ring (bicyclic) bond motifs is 2. The number of carbonyl (C=O) groups is 3. The second-order valence-electron chi connectivity index (χ2n) is 9.33. The van der Waals surface area contributed by atoms with Crippen molar-refractivity contribution in [1.29, 1.82) is 0 Å². The molecule has 1 aliphatic carbocycles. The van der Waals surface area contributed by atoms with Crippen molar-refractivity contribution in [3.8, 4) is 0 Å². The van der Waals surface area contributed by atoms with E-state index in [1.54, 1.807) is 11.8 Å². The Labute approximate surface area is 172 Å². The molecule has 4 rings (SSSR count). The Bertz CT molecular complexity index is 814. The van der Waals surface area contributed by atoms with Crippen LogP contribution >= 0.6 is 0 Å². The molecule has 1 saturated carbocycles. The number of hydrogen-bond donors (Lipinski definition) is 0. The first-order valence-electron chi connectivity index (χ1n) is 10.6. The Kier molecular flexibility index (Phi) is 4.91. The molecule has 3 fully saturated rings. The lowest BCUT2D eigenvalue weighted by molar-refractivity contribution is -0.141. The molecule has 3 amide bonds. The van der Waals surface area contributed by atoms with Crippen LogP contribution in [0, 0.1) is 16.7 Å². The van der Waals surface area contributed by atoms with Gasteiger partial charge in [0, 0.05) is 52.8 Å². The highest BCUT2D eigenvalue weighted by molar-refractivity contribution is 5.94. The molecule has 2 saturated heterocycles. The van der Waals surface area contributed by atoms with Crippen molar-refractivity contribution in [2.45, 2.75) is 32.6 Å². The van der Waals surface area contributed by atoms with E-state index in [2.05, 4.69) is 0 Å². The Morgan fingerprint density at radius 2 is 1.62 bits per heavy atom. The third kappa shape index (κ3) is 3.13. The summed E-state index contributed by atoms with van der Waals surface area (Å²) in [6.07, 6.45) is 3.66. The molecule has 2 heterocycles. The maximum absolute atomic E-state index is 13.2. The molecule has 0 radical (unpaired) electrons. The molecule has 2 aliphatic heterocycles. The number of likely N-dealkylation sites (tertiary alicyclic amines) is 2. The molecule has 1 aromatic rings. The fourth-order valence-corrected chi connectivity index (χ4v) is 6.12. The summed E-state index contributed by atoms with van der Waals surface area (Å²) in [5.41, 5.74) is 0.319. The van der Waals surface area contributed by atoms with E-state index >= 15 is 0 Å². The summed E-state index contributed by atoms with van der Waals surface area (Å²) in [4.78, 5) is 43.7. The Hall–Kier alpha value is -2.37. The minimum Gasteiger partial charge on any atom is -0.348 e. The summed E-state index contributed by atoms with van der Waals surface area (Å²) >= 11 is 0. The highest BCUT2D eigenvalue weighted by atomic mass is 16.2. The van der Waals surface area contributed by atoms with Gasteiger partial charge in [0.1, 0.15) is 0 Å². The number of nitrogens with zero attached hydrogens (tertiary/aromatic N) is 3. The number of hydrogen-bond acceptors (Lipinski definition) is 3. The molecule has 1 spiro atoms. The van der Waals surface area contributed by atoms with Crippen LogP contribution in [0.2, 0.25) is 0 Å². The molecule has 6 nitrogen and oxygen atoms in total. The van der Waals surface area contributed by atoms with Crippen molar-refractivity contribution in [2.75, 3.05) is 40.3 Å². The standard InChI is InChI=1S/C23H31N3O3/c1-17(27)26-15-19-22(9-10-23(19,16-26)21(29)24(2)3)11-13-25(14-12-22)20(28)18-7-5-4-6-8-18/h4-8,19H,9-16H2,1-3H3/t19-,23+/m1/s1. The minimum absolute atomic E-state index is 0.0450. The van der Waals surface area contributed by atoms with Crippen LogP contribution in [0.15, 0.2) is 30.3 Å². The number of benzene rings is 1. The molecule has 6 heteroatoms. The summed E-state index contributed by atoms with van der Waals surface area (Å²) < 4.78 is 0. The molecular formula is C23H31N3O3. The predicted molar refractivity (Wildman–Crippen MR) is 110 cm³/mol. The van der Waals surface area contributed by atoms with E-state index in [1.165, 1.54) is 0 Å².